The third-order valence-corrected chi connectivity index (χ3v) is 5.11. The number of fused-ring (bicyclic) bond motifs is 1. The van der Waals surface area contributed by atoms with Crippen LogP contribution in [0.15, 0.2) is 0 Å². The molecule has 0 aliphatic carbocycles. The van der Waals surface area contributed by atoms with Gasteiger partial charge in [0.1, 0.15) is 0 Å². The molecule has 3 fully saturated rings. The third-order valence-electron chi connectivity index (χ3n) is 5.11. The number of nitrogens with one attached hydrogen (secondary N) is 1. The molecule has 4 nitrogen and oxygen atoms in total. The maximum Gasteiger partial charge on any atom is 0.239 e. The van der Waals surface area contributed by atoms with Gasteiger partial charge in [0.2, 0.25) is 5.91 Å². The Balaban J connectivity index is 1.58. The molecule has 4 heteroatoms. The monoisotopic (exact) mass is 265 g/mol. The van der Waals surface area contributed by atoms with Crippen LogP contribution in [0.1, 0.15) is 39.0 Å². The summed E-state index contributed by atoms with van der Waals surface area (Å²) in [6.07, 6.45) is 6.18. The molecule has 3 aliphatic rings. The summed E-state index contributed by atoms with van der Waals surface area (Å²) >= 11 is 0. The van der Waals surface area contributed by atoms with Gasteiger partial charge in [-0.05, 0) is 44.7 Å². The van der Waals surface area contributed by atoms with Gasteiger partial charge in [-0.1, -0.05) is 13.3 Å². The maximum absolute atomic E-state index is 12.6. The van der Waals surface area contributed by atoms with Crippen molar-refractivity contribution >= 4 is 5.91 Å². The van der Waals surface area contributed by atoms with Crippen LogP contribution in [-0.2, 0) is 4.79 Å². The van der Waals surface area contributed by atoms with Gasteiger partial charge in [0.15, 0.2) is 0 Å². The van der Waals surface area contributed by atoms with Crippen LogP contribution in [0.2, 0.25) is 0 Å². The topological polar surface area (TPSA) is 35.6 Å². The summed E-state index contributed by atoms with van der Waals surface area (Å²) in [4.78, 5) is 17.3. The molecule has 0 spiro atoms. The summed E-state index contributed by atoms with van der Waals surface area (Å²) in [6, 6.07) is 0.714. The first-order valence-corrected chi connectivity index (χ1v) is 8.00. The molecule has 0 radical (unpaired) electrons. The Bertz CT molecular complexity index is 333. The standard InChI is InChI=1S/C15H27N3O/c1-12-5-6-16-14(10-12)15(19)18-9-8-17-7-3-2-4-13(17)11-18/h12-14,16H,2-11H2,1H3. The number of nitrogens with zero attached hydrogens (tertiary/aromatic N) is 2. The molecule has 1 amide bonds. The van der Waals surface area contributed by atoms with E-state index in [0.717, 1.165) is 32.6 Å². The first-order chi connectivity index (χ1) is 9.24. The van der Waals surface area contributed by atoms with Crippen LogP contribution in [-0.4, -0.2) is 60.5 Å². The predicted molar refractivity (Wildman–Crippen MR) is 76.0 cm³/mol. The number of carbonyl (C=O) groups excluding carboxylic acids is 1. The van der Waals surface area contributed by atoms with Crippen LogP contribution in [0.5, 0.6) is 0 Å². The Morgan fingerprint density at radius 3 is 2.89 bits per heavy atom. The van der Waals surface area contributed by atoms with Gasteiger partial charge in [-0.15, -0.1) is 0 Å². The van der Waals surface area contributed by atoms with Gasteiger partial charge in [0.25, 0.3) is 0 Å². The van der Waals surface area contributed by atoms with E-state index in [9.17, 15) is 4.79 Å². The largest absolute Gasteiger partial charge is 0.338 e. The summed E-state index contributed by atoms with van der Waals surface area (Å²) in [5.74, 6) is 1.04. The van der Waals surface area contributed by atoms with Crippen molar-refractivity contribution in [1.29, 1.82) is 0 Å². The van der Waals surface area contributed by atoms with Gasteiger partial charge >= 0.3 is 0 Å². The zero-order chi connectivity index (χ0) is 13.2. The summed E-state index contributed by atoms with van der Waals surface area (Å²) in [5.41, 5.74) is 0. The molecule has 0 aromatic carbocycles. The lowest BCUT2D eigenvalue weighted by molar-refractivity contribution is -0.138. The quantitative estimate of drug-likeness (QED) is 0.770. The minimum absolute atomic E-state index is 0.0823. The van der Waals surface area contributed by atoms with E-state index in [4.69, 9.17) is 0 Å². The molecular weight excluding hydrogens is 238 g/mol. The minimum atomic E-state index is 0.0823. The number of piperazine rings is 1. The lowest BCUT2D eigenvalue weighted by Crippen LogP contribution is -2.59. The van der Waals surface area contributed by atoms with Crippen molar-refractivity contribution in [3.8, 4) is 0 Å². The molecule has 0 bridgehead atoms. The zero-order valence-corrected chi connectivity index (χ0v) is 12.1. The average molecular weight is 265 g/mol. The van der Waals surface area contributed by atoms with Crippen LogP contribution in [0, 0.1) is 5.92 Å². The highest BCUT2D eigenvalue weighted by Crippen LogP contribution is 2.23. The molecule has 3 heterocycles. The highest BCUT2D eigenvalue weighted by atomic mass is 16.2. The highest BCUT2D eigenvalue weighted by molar-refractivity contribution is 5.82. The Kier molecular flexibility index (Phi) is 4.08. The lowest BCUT2D eigenvalue weighted by Gasteiger charge is -2.45. The SMILES string of the molecule is CC1CCNC(C(=O)N2CCN3CCCCC3C2)C1. The van der Waals surface area contributed by atoms with Crippen molar-refractivity contribution in [2.24, 2.45) is 5.92 Å². The Morgan fingerprint density at radius 2 is 2.05 bits per heavy atom. The van der Waals surface area contributed by atoms with Crippen molar-refractivity contribution in [2.45, 2.75) is 51.1 Å². The van der Waals surface area contributed by atoms with Gasteiger partial charge < -0.3 is 10.2 Å². The molecule has 3 aliphatic heterocycles. The van der Waals surface area contributed by atoms with E-state index in [1.807, 2.05) is 0 Å². The Labute approximate surface area is 116 Å². The minimum Gasteiger partial charge on any atom is -0.338 e. The number of carbonyl (C=O) groups is 1. The van der Waals surface area contributed by atoms with Crippen LogP contribution >= 0.6 is 0 Å². The van der Waals surface area contributed by atoms with Gasteiger partial charge in [-0.3, -0.25) is 9.69 Å². The third kappa shape index (κ3) is 2.95. The highest BCUT2D eigenvalue weighted by Gasteiger charge is 2.34. The maximum atomic E-state index is 12.6. The van der Waals surface area contributed by atoms with Crippen molar-refractivity contribution in [3.63, 3.8) is 0 Å². The van der Waals surface area contributed by atoms with E-state index in [1.54, 1.807) is 0 Å². The Morgan fingerprint density at radius 1 is 1.16 bits per heavy atom. The van der Waals surface area contributed by atoms with Gasteiger partial charge in [0.05, 0.1) is 6.04 Å². The molecule has 0 aromatic rings. The molecule has 0 saturated carbocycles. The molecule has 19 heavy (non-hydrogen) atoms. The molecule has 3 saturated heterocycles. The normalized spacial score (nSPS) is 36.9. The summed E-state index contributed by atoms with van der Waals surface area (Å²) in [6.45, 7) is 7.48. The number of hydrogen-bond donors (Lipinski definition) is 1. The number of rotatable bonds is 1. The fourth-order valence-electron chi connectivity index (χ4n) is 3.87. The van der Waals surface area contributed by atoms with Gasteiger partial charge in [-0.2, -0.15) is 0 Å². The van der Waals surface area contributed by atoms with Crippen molar-refractivity contribution in [2.75, 3.05) is 32.7 Å². The smallest absolute Gasteiger partial charge is 0.239 e. The average Bonchev–Trinajstić information content (AvgIpc) is 2.46. The van der Waals surface area contributed by atoms with Crippen LogP contribution in [0.3, 0.4) is 0 Å². The molecule has 3 atom stereocenters. The fraction of sp³-hybridized carbons (Fsp3) is 0.933. The second-order valence-electron chi connectivity index (χ2n) is 6.61. The molecular formula is C15H27N3O. The fourth-order valence-corrected chi connectivity index (χ4v) is 3.87. The van der Waals surface area contributed by atoms with E-state index in [2.05, 4.69) is 22.0 Å². The summed E-state index contributed by atoms with van der Waals surface area (Å²) in [7, 11) is 0. The number of piperidine rings is 2. The van der Waals surface area contributed by atoms with Crippen LogP contribution in [0.4, 0.5) is 0 Å². The van der Waals surface area contributed by atoms with Crippen LogP contribution < -0.4 is 5.32 Å². The molecule has 3 unspecified atom stereocenters. The molecule has 0 aromatic heterocycles. The molecule has 108 valence electrons. The van der Waals surface area contributed by atoms with Crippen molar-refractivity contribution < 1.29 is 4.79 Å². The van der Waals surface area contributed by atoms with Gasteiger partial charge in [0, 0.05) is 25.7 Å². The second-order valence-corrected chi connectivity index (χ2v) is 6.61. The summed E-state index contributed by atoms with van der Waals surface area (Å²) in [5, 5.41) is 3.41. The molecule has 3 rings (SSSR count). The van der Waals surface area contributed by atoms with Crippen molar-refractivity contribution in [1.82, 2.24) is 15.1 Å². The first-order valence-electron chi connectivity index (χ1n) is 8.00. The Hall–Kier alpha value is -0.610. The van der Waals surface area contributed by atoms with E-state index in [1.165, 1.54) is 32.2 Å². The van der Waals surface area contributed by atoms with Crippen molar-refractivity contribution in [3.05, 3.63) is 0 Å². The predicted octanol–water partition coefficient (Wildman–Crippen LogP) is 1.07. The number of amides is 1. The van der Waals surface area contributed by atoms with E-state index in [0.29, 0.717) is 17.9 Å². The lowest BCUT2D eigenvalue weighted by atomic mass is 9.93. The van der Waals surface area contributed by atoms with Gasteiger partial charge in [-0.25, -0.2) is 0 Å². The number of hydrogen-bond acceptors (Lipinski definition) is 3. The van der Waals surface area contributed by atoms with E-state index in [-0.39, 0.29) is 6.04 Å². The molecule has 1 N–H and O–H groups in total. The second kappa shape index (κ2) is 5.80. The van der Waals surface area contributed by atoms with Crippen LogP contribution in [0.25, 0.3) is 0 Å². The van der Waals surface area contributed by atoms with E-state index >= 15 is 0 Å². The zero-order valence-electron chi connectivity index (χ0n) is 12.1. The van der Waals surface area contributed by atoms with E-state index < -0.39 is 0 Å². The first kappa shape index (κ1) is 13.4. The summed E-state index contributed by atoms with van der Waals surface area (Å²) < 4.78 is 0.